The van der Waals surface area contributed by atoms with Gasteiger partial charge in [-0.05, 0) is 25.7 Å². The van der Waals surface area contributed by atoms with Gasteiger partial charge in [-0.25, -0.2) is 5.06 Å². The van der Waals surface area contributed by atoms with E-state index in [1.807, 2.05) is 0 Å². The van der Waals surface area contributed by atoms with E-state index in [0.29, 0.717) is 6.61 Å². The van der Waals surface area contributed by atoms with Crippen LogP contribution in [0.5, 0.6) is 0 Å². The van der Waals surface area contributed by atoms with Crippen molar-refractivity contribution in [2.24, 2.45) is 5.92 Å². The molecule has 2 aliphatic rings. The lowest BCUT2D eigenvalue weighted by Gasteiger charge is -2.28. The molecule has 0 atom stereocenters. The number of amides is 1. The van der Waals surface area contributed by atoms with Crippen LogP contribution in [-0.4, -0.2) is 24.1 Å². The van der Waals surface area contributed by atoms with Gasteiger partial charge in [0.2, 0.25) is 5.91 Å². The molecule has 1 heterocycles. The summed E-state index contributed by atoms with van der Waals surface area (Å²) in [4.78, 5) is 17.1. The van der Waals surface area contributed by atoms with Crippen LogP contribution in [0.3, 0.4) is 0 Å². The average Bonchev–Trinajstić information content (AvgIpc) is 2.71. The normalized spacial score (nSPS) is 23.8. The minimum atomic E-state index is 0.151. The molecule has 1 fully saturated rings. The van der Waals surface area contributed by atoms with Crippen LogP contribution in [-0.2, 0) is 9.63 Å². The number of allylic oxidation sites excluding steroid dienone is 2. The SMILES string of the molecule is O=C(C1CC=CC1)N1CCCCO1. The predicted octanol–water partition coefficient (Wildman–Crippen LogP) is 1.51. The molecule has 0 spiro atoms. The van der Waals surface area contributed by atoms with Crippen molar-refractivity contribution in [1.82, 2.24) is 5.06 Å². The topological polar surface area (TPSA) is 29.5 Å². The van der Waals surface area contributed by atoms with Gasteiger partial charge in [0, 0.05) is 12.5 Å². The molecule has 0 aromatic heterocycles. The van der Waals surface area contributed by atoms with Crippen LogP contribution in [0.4, 0.5) is 0 Å². The summed E-state index contributed by atoms with van der Waals surface area (Å²) >= 11 is 0. The van der Waals surface area contributed by atoms with Crippen LogP contribution in [0.15, 0.2) is 12.2 Å². The van der Waals surface area contributed by atoms with Gasteiger partial charge in [-0.15, -0.1) is 0 Å². The molecule has 0 N–H and O–H groups in total. The maximum atomic E-state index is 11.8. The van der Waals surface area contributed by atoms with Crippen LogP contribution in [0.1, 0.15) is 25.7 Å². The van der Waals surface area contributed by atoms with Crippen LogP contribution >= 0.6 is 0 Å². The highest BCUT2D eigenvalue weighted by Crippen LogP contribution is 2.21. The van der Waals surface area contributed by atoms with Crippen LogP contribution < -0.4 is 0 Å². The second-order valence-electron chi connectivity index (χ2n) is 3.62. The molecular formula is C10H15NO2. The summed E-state index contributed by atoms with van der Waals surface area (Å²) < 4.78 is 0. The first-order valence-electron chi connectivity index (χ1n) is 4.97. The zero-order chi connectivity index (χ0) is 9.10. The average molecular weight is 181 g/mol. The van der Waals surface area contributed by atoms with Crippen molar-refractivity contribution < 1.29 is 9.63 Å². The molecule has 2 rings (SSSR count). The lowest BCUT2D eigenvalue weighted by molar-refractivity contribution is -0.200. The van der Waals surface area contributed by atoms with Crippen LogP contribution in [0, 0.1) is 5.92 Å². The van der Waals surface area contributed by atoms with E-state index in [1.165, 1.54) is 0 Å². The van der Waals surface area contributed by atoms with Crippen molar-refractivity contribution in [3.8, 4) is 0 Å². The fourth-order valence-electron chi connectivity index (χ4n) is 1.79. The van der Waals surface area contributed by atoms with E-state index >= 15 is 0 Å². The first-order chi connectivity index (χ1) is 6.38. The zero-order valence-corrected chi connectivity index (χ0v) is 7.74. The van der Waals surface area contributed by atoms with Gasteiger partial charge in [-0.2, -0.15) is 0 Å². The van der Waals surface area contributed by atoms with Gasteiger partial charge >= 0.3 is 0 Å². The molecule has 3 heteroatoms. The molecule has 72 valence electrons. The van der Waals surface area contributed by atoms with Crippen molar-refractivity contribution in [1.29, 1.82) is 0 Å². The molecule has 0 aromatic carbocycles. The van der Waals surface area contributed by atoms with Gasteiger partial charge in [0.25, 0.3) is 0 Å². The number of carbonyl (C=O) groups is 1. The van der Waals surface area contributed by atoms with Gasteiger partial charge in [-0.3, -0.25) is 9.63 Å². The molecule has 3 nitrogen and oxygen atoms in total. The van der Waals surface area contributed by atoms with Crippen molar-refractivity contribution in [2.75, 3.05) is 13.2 Å². The molecule has 1 aliphatic carbocycles. The summed E-state index contributed by atoms with van der Waals surface area (Å²) in [6.45, 7) is 1.47. The molecule has 1 saturated heterocycles. The number of hydrogen-bond acceptors (Lipinski definition) is 2. The Morgan fingerprint density at radius 1 is 1.31 bits per heavy atom. The summed E-state index contributed by atoms with van der Waals surface area (Å²) in [7, 11) is 0. The molecular weight excluding hydrogens is 166 g/mol. The Kier molecular flexibility index (Phi) is 2.64. The molecule has 0 radical (unpaired) electrons. The number of rotatable bonds is 1. The summed E-state index contributed by atoms with van der Waals surface area (Å²) in [5.74, 6) is 0.322. The molecule has 0 bridgehead atoms. The number of hydrogen-bond donors (Lipinski definition) is 0. The van der Waals surface area contributed by atoms with Gasteiger partial charge < -0.3 is 0 Å². The number of nitrogens with zero attached hydrogens (tertiary/aromatic N) is 1. The van der Waals surface area contributed by atoms with E-state index < -0.39 is 0 Å². The van der Waals surface area contributed by atoms with Crippen molar-refractivity contribution in [2.45, 2.75) is 25.7 Å². The van der Waals surface area contributed by atoms with E-state index in [-0.39, 0.29) is 11.8 Å². The van der Waals surface area contributed by atoms with Crippen molar-refractivity contribution >= 4 is 5.91 Å². The first kappa shape index (κ1) is 8.75. The Hall–Kier alpha value is -0.830. The number of carbonyl (C=O) groups excluding carboxylic acids is 1. The Labute approximate surface area is 78.3 Å². The van der Waals surface area contributed by atoms with E-state index in [2.05, 4.69) is 12.2 Å². The second kappa shape index (κ2) is 3.92. The van der Waals surface area contributed by atoms with Gasteiger partial charge in [0.1, 0.15) is 0 Å². The third-order valence-corrected chi connectivity index (χ3v) is 2.61. The van der Waals surface area contributed by atoms with Crippen LogP contribution in [0.25, 0.3) is 0 Å². The molecule has 1 aliphatic heterocycles. The third-order valence-electron chi connectivity index (χ3n) is 2.61. The maximum absolute atomic E-state index is 11.8. The van der Waals surface area contributed by atoms with Gasteiger partial charge in [0.15, 0.2) is 0 Å². The minimum absolute atomic E-state index is 0.151. The van der Waals surface area contributed by atoms with Gasteiger partial charge in [-0.1, -0.05) is 12.2 Å². The first-order valence-corrected chi connectivity index (χ1v) is 4.97. The quantitative estimate of drug-likeness (QED) is 0.574. The Bertz CT molecular complexity index is 211. The third kappa shape index (κ3) is 1.91. The highest BCUT2D eigenvalue weighted by molar-refractivity contribution is 5.78. The van der Waals surface area contributed by atoms with E-state index in [9.17, 15) is 4.79 Å². The van der Waals surface area contributed by atoms with E-state index in [4.69, 9.17) is 4.84 Å². The summed E-state index contributed by atoms with van der Waals surface area (Å²) in [5.41, 5.74) is 0. The Morgan fingerprint density at radius 2 is 2.08 bits per heavy atom. The number of hydroxylamine groups is 2. The van der Waals surface area contributed by atoms with Gasteiger partial charge in [0.05, 0.1) is 6.61 Å². The molecule has 0 aromatic rings. The second-order valence-corrected chi connectivity index (χ2v) is 3.62. The van der Waals surface area contributed by atoms with Crippen LogP contribution in [0.2, 0.25) is 0 Å². The lowest BCUT2D eigenvalue weighted by atomic mass is 10.1. The Morgan fingerprint density at radius 3 is 2.69 bits per heavy atom. The minimum Gasteiger partial charge on any atom is -0.272 e. The van der Waals surface area contributed by atoms with Crippen molar-refractivity contribution in [3.05, 3.63) is 12.2 Å². The fraction of sp³-hybridized carbons (Fsp3) is 0.700. The zero-order valence-electron chi connectivity index (χ0n) is 7.74. The highest BCUT2D eigenvalue weighted by Gasteiger charge is 2.26. The largest absolute Gasteiger partial charge is 0.272 e. The fourth-order valence-corrected chi connectivity index (χ4v) is 1.79. The summed E-state index contributed by atoms with van der Waals surface area (Å²) in [6, 6.07) is 0. The van der Waals surface area contributed by atoms with E-state index in [0.717, 1.165) is 32.2 Å². The molecule has 0 saturated carbocycles. The summed E-state index contributed by atoms with van der Waals surface area (Å²) in [6.07, 6.45) is 8.08. The maximum Gasteiger partial charge on any atom is 0.249 e. The summed E-state index contributed by atoms with van der Waals surface area (Å²) in [5, 5.41) is 1.56. The highest BCUT2D eigenvalue weighted by atomic mass is 16.7. The molecule has 13 heavy (non-hydrogen) atoms. The Balaban J connectivity index is 1.88. The van der Waals surface area contributed by atoms with Crippen molar-refractivity contribution in [3.63, 3.8) is 0 Å². The molecule has 1 amide bonds. The lowest BCUT2D eigenvalue weighted by Crippen LogP contribution is -2.39. The standard InChI is InChI=1S/C10H15NO2/c12-10(9-5-1-2-6-9)11-7-3-4-8-13-11/h1-2,9H,3-8H2. The monoisotopic (exact) mass is 181 g/mol. The molecule has 0 unspecified atom stereocenters. The predicted molar refractivity (Wildman–Crippen MR) is 48.8 cm³/mol. The van der Waals surface area contributed by atoms with E-state index in [1.54, 1.807) is 5.06 Å². The smallest absolute Gasteiger partial charge is 0.249 e.